The second kappa shape index (κ2) is 7.85. The van der Waals surface area contributed by atoms with Crippen LogP contribution in [0.2, 0.25) is 0 Å². The monoisotopic (exact) mass is 403 g/mol. The Balaban J connectivity index is 1.37. The Morgan fingerprint density at radius 1 is 1.13 bits per heavy atom. The van der Waals surface area contributed by atoms with E-state index in [1.54, 1.807) is 0 Å². The van der Waals surface area contributed by atoms with Crippen LogP contribution in [0.25, 0.3) is 0 Å². The molecule has 0 saturated heterocycles. The molecular formula is C27H33NO2. The van der Waals surface area contributed by atoms with E-state index in [9.17, 15) is 4.79 Å². The molecule has 5 atom stereocenters. The maximum atomic E-state index is 12.9. The van der Waals surface area contributed by atoms with Gasteiger partial charge in [-0.1, -0.05) is 43.3 Å². The minimum absolute atomic E-state index is 0.0983. The zero-order chi connectivity index (χ0) is 20.7. The van der Waals surface area contributed by atoms with Crippen LogP contribution < -0.4 is 10.1 Å². The predicted octanol–water partition coefficient (Wildman–Crippen LogP) is 5.14. The smallest absolute Gasteiger partial charge is 0.139 e. The van der Waals surface area contributed by atoms with E-state index in [0.29, 0.717) is 36.1 Å². The number of ketones is 1. The molecule has 5 rings (SSSR count). The molecule has 0 spiro atoms. The lowest BCUT2D eigenvalue weighted by Crippen LogP contribution is -2.45. The highest BCUT2D eigenvalue weighted by molar-refractivity contribution is 5.87. The van der Waals surface area contributed by atoms with Gasteiger partial charge in [-0.05, 0) is 91.8 Å². The van der Waals surface area contributed by atoms with Gasteiger partial charge in [-0.25, -0.2) is 0 Å². The Labute approximate surface area is 180 Å². The molecule has 0 aliphatic heterocycles. The SMILES string of the molecule is CNC[C@H]1CC(=O)[C@@]2(C)CC[C@@H]3c4ccc(OCc5ccccc5)cc4CC[C@H]3[C@H]12. The van der Waals surface area contributed by atoms with Crippen LogP contribution in [-0.4, -0.2) is 19.4 Å². The van der Waals surface area contributed by atoms with E-state index in [2.05, 4.69) is 54.7 Å². The highest BCUT2D eigenvalue weighted by atomic mass is 16.5. The zero-order valence-corrected chi connectivity index (χ0v) is 18.2. The van der Waals surface area contributed by atoms with Crippen molar-refractivity contribution in [1.82, 2.24) is 5.32 Å². The molecule has 0 heterocycles. The molecule has 0 amide bonds. The van der Waals surface area contributed by atoms with Gasteiger partial charge in [0.25, 0.3) is 0 Å². The van der Waals surface area contributed by atoms with Gasteiger partial charge in [-0.15, -0.1) is 0 Å². The zero-order valence-electron chi connectivity index (χ0n) is 18.2. The lowest BCUT2D eigenvalue weighted by atomic mass is 9.54. The number of rotatable bonds is 5. The van der Waals surface area contributed by atoms with E-state index >= 15 is 0 Å². The van der Waals surface area contributed by atoms with Crippen LogP contribution in [0.3, 0.4) is 0 Å². The maximum Gasteiger partial charge on any atom is 0.139 e. The highest BCUT2D eigenvalue weighted by Crippen LogP contribution is 2.61. The van der Waals surface area contributed by atoms with Gasteiger partial charge in [0.1, 0.15) is 18.1 Å². The number of fused-ring (bicyclic) bond motifs is 5. The van der Waals surface area contributed by atoms with Gasteiger partial charge in [0.2, 0.25) is 0 Å². The predicted molar refractivity (Wildman–Crippen MR) is 120 cm³/mol. The van der Waals surface area contributed by atoms with Crippen LogP contribution in [-0.2, 0) is 17.8 Å². The van der Waals surface area contributed by atoms with Crippen LogP contribution in [0.1, 0.15) is 55.2 Å². The minimum atomic E-state index is -0.0983. The summed E-state index contributed by atoms with van der Waals surface area (Å²) >= 11 is 0. The Morgan fingerprint density at radius 3 is 2.77 bits per heavy atom. The molecule has 2 aromatic carbocycles. The summed E-state index contributed by atoms with van der Waals surface area (Å²) in [5.41, 5.74) is 4.07. The number of ether oxygens (including phenoxy) is 1. The van der Waals surface area contributed by atoms with Crippen molar-refractivity contribution >= 4 is 5.78 Å². The molecule has 158 valence electrons. The van der Waals surface area contributed by atoms with Gasteiger partial charge < -0.3 is 10.1 Å². The fraction of sp³-hybridized carbons (Fsp3) is 0.519. The number of benzene rings is 2. The van der Waals surface area contributed by atoms with Gasteiger partial charge in [-0.2, -0.15) is 0 Å². The normalized spacial score (nSPS) is 32.3. The van der Waals surface area contributed by atoms with Crippen molar-refractivity contribution in [2.45, 2.75) is 51.6 Å². The van der Waals surface area contributed by atoms with Crippen molar-refractivity contribution < 1.29 is 9.53 Å². The Bertz CT molecular complexity index is 924. The average Bonchev–Trinajstić information content (AvgIpc) is 3.03. The summed E-state index contributed by atoms with van der Waals surface area (Å²) in [6, 6.07) is 17.1. The number of nitrogens with one attached hydrogen (secondary N) is 1. The summed E-state index contributed by atoms with van der Waals surface area (Å²) in [6.45, 7) is 3.84. The third kappa shape index (κ3) is 3.28. The molecule has 2 aromatic rings. The van der Waals surface area contributed by atoms with Crippen LogP contribution in [0.15, 0.2) is 48.5 Å². The lowest BCUT2D eigenvalue weighted by molar-refractivity contribution is -0.129. The molecule has 1 N–H and O–H groups in total. The van der Waals surface area contributed by atoms with E-state index in [4.69, 9.17) is 4.74 Å². The summed E-state index contributed by atoms with van der Waals surface area (Å²) in [5.74, 6) is 3.74. The minimum Gasteiger partial charge on any atom is -0.489 e. The molecule has 2 fully saturated rings. The summed E-state index contributed by atoms with van der Waals surface area (Å²) < 4.78 is 6.09. The summed E-state index contributed by atoms with van der Waals surface area (Å²) in [4.78, 5) is 12.9. The number of carbonyl (C=O) groups excluding carboxylic acids is 1. The second-order valence-corrected chi connectivity index (χ2v) is 9.87. The van der Waals surface area contributed by atoms with Gasteiger partial charge in [-0.3, -0.25) is 4.79 Å². The number of hydrogen-bond donors (Lipinski definition) is 1. The maximum absolute atomic E-state index is 12.9. The quantitative estimate of drug-likeness (QED) is 0.751. The first-order chi connectivity index (χ1) is 14.6. The Morgan fingerprint density at radius 2 is 1.97 bits per heavy atom. The topological polar surface area (TPSA) is 38.3 Å². The lowest BCUT2D eigenvalue weighted by Gasteiger charge is -2.50. The molecule has 0 aromatic heterocycles. The van der Waals surface area contributed by atoms with Crippen molar-refractivity contribution in [3.8, 4) is 5.75 Å². The van der Waals surface area contributed by atoms with E-state index < -0.39 is 0 Å². The first-order valence-corrected chi connectivity index (χ1v) is 11.6. The fourth-order valence-corrected chi connectivity index (χ4v) is 6.89. The third-order valence-corrected chi connectivity index (χ3v) is 8.26. The molecule has 2 saturated carbocycles. The van der Waals surface area contributed by atoms with Crippen molar-refractivity contribution in [1.29, 1.82) is 0 Å². The Kier molecular flexibility index (Phi) is 5.18. The van der Waals surface area contributed by atoms with E-state index in [1.807, 2.05) is 13.1 Å². The van der Waals surface area contributed by atoms with Crippen molar-refractivity contribution in [2.75, 3.05) is 13.6 Å². The van der Waals surface area contributed by atoms with Crippen LogP contribution in [0.5, 0.6) is 5.75 Å². The number of carbonyl (C=O) groups is 1. The van der Waals surface area contributed by atoms with Crippen LogP contribution in [0, 0.1) is 23.2 Å². The summed E-state index contributed by atoms with van der Waals surface area (Å²) in [7, 11) is 2.02. The van der Waals surface area contributed by atoms with Gasteiger partial charge in [0.05, 0.1) is 0 Å². The van der Waals surface area contributed by atoms with E-state index in [0.717, 1.165) is 38.0 Å². The standard InChI is InChI=1S/C27H33NO2/c1-27-13-12-23-22-11-9-21(30-17-18-6-4-3-5-7-18)14-19(22)8-10-24(23)26(27)20(16-28-2)15-25(27)29/h3-7,9,11,14,20,23-24,26,28H,8,10,12-13,15-17H2,1-2H3/t20-,23-,24-,26+,27-/m1/s1. The molecule has 0 radical (unpaired) electrons. The molecule has 3 heteroatoms. The van der Waals surface area contributed by atoms with Gasteiger partial charge in [0, 0.05) is 11.8 Å². The first-order valence-electron chi connectivity index (χ1n) is 11.6. The van der Waals surface area contributed by atoms with Crippen molar-refractivity contribution in [3.05, 3.63) is 65.2 Å². The summed E-state index contributed by atoms with van der Waals surface area (Å²) in [5, 5.41) is 3.36. The van der Waals surface area contributed by atoms with Crippen molar-refractivity contribution in [2.24, 2.45) is 23.2 Å². The molecule has 3 aliphatic rings. The second-order valence-electron chi connectivity index (χ2n) is 9.87. The van der Waals surface area contributed by atoms with E-state index in [-0.39, 0.29) is 5.41 Å². The highest BCUT2D eigenvalue weighted by Gasteiger charge is 2.58. The largest absolute Gasteiger partial charge is 0.489 e. The third-order valence-electron chi connectivity index (χ3n) is 8.26. The first kappa shape index (κ1) is 19.8. The Hall–Kier alpha value is -2.13. The number of Topliss-reactive ketones (excluding diaryl/α,β-unsaturated/α-hetero) is 1. The molecule has 30 heavy (non-hydrogen) atoms. The molecule has 3 nitrogen and oxygen atoms in total. The van der Waals surface area contributed by atoms with E-state index in [1.165, 1.54) is 23.1 Å². The van der Waals surface area contributed by atoms with Gasteiger partial charge in [0.15, 0.2) is 0 Å². The van der Waals surface area contributed by atoms with Gasteiger partial charge >= 0.3 is 0 Å². The van der Waals surface area contributed by atoms with Crippen LogP contribution >= 0.6 is 0 Å². The molecule has 3 aliphatic carbocycles. The average molecular weight is 404 g/mol. The molecule has 0 unspecified atom stereocenters. The van der Waals surface area contributed by atoms with Crippen LogP contribution in [0.4, 0.5) is 0 Å². The number of hydrogen-bond acceptors (Lipinski definition) is 3. The fourth-order valence-electron chi connectivity index (χ4n) is 6.89. The molecule has 0 bridgehead atoms. The molecular weight excluding hydrogens is 370 g/mol. The number of aryl methyl sites for hydroxylation is 1. The van der Waals surface area contributed by atoms with Crippen molar-refractivity contribution in [3.63, 3.8) is 0 Å². The summed E-state index contributed by atoms with van der Waals surface area (Å²) in [6.07, 6.45) is 5.26.